The second-order valence-electron chi connectivity index (χ2n) is 3.77. The maximum absolute atomic E-state index is 5.95. The highest BCUT2D eigenvalue weighted by Gasteiger charge is 2.07. The van der Waals surface area contributed by atoms with E-state index in [1.54, 1.807) is 0 Å². The number of nitrogens with two attached hydrogens (primary N) is 1. The topological polar surface area (TPSA) is 47.3 Å². The molecule has 1 aromatic rings. The van der Waals surface area contributed by atoms with Gasteiger partial charge in [-0.05, 0) is 31.5 Å². The van der Waals surface area contributed by atoms with Gasteiger partial charge in [-0.2, -0.15) is 0 Å². The molecule has 0 aromatic heterocycles. The lowest BCUT2D eigenvalue weighted by atomic mass is 10.2. The van der Waals surface area contributed by atoms with E-state index in [1.807, 2.05) is 25.1 Å². The molecule has 1 unspecified atom stereocenters. The van der Waals surface area contributed by atoms with E-state index < -0.39 is 0 Å². The molecule has 0 aliphatic rings. The SMILES string of the molecule is CCCOc1ccc(Cl)cc1NC(C)CN. The summed E-state index contributed by atoms with van der Waals surface area (Å²) >= 11 is 5.95. The van der Waals surface area contributed by atoms with Crippen LogP contribution in [0.4, 0.5) is 5.69 Å². The summed E-state index contributed by atoms with van der Waals surface area (Å²) in [7, 11) is 0. The molecule has 1 aromatic carbocycles. The van der Waals surface area contributed by atoms with Gasteiger partial charge in [-0.1, -0.05) is 18.5 Å². The van der Waals surface area contributed by atoms with Gasteiger partial charge in [0.05, 0.1) is 12.3 Å². The molecule has 0 saturated heterocycles. The van der Waals surface area contributed by atoms with Crippen molar-refractivity contribution in [1.82, 2.24) is 0 Å². The molecule has 4 heteroatoms. The summed E-state index contributed by atoms with van der Waals surface area (Å²) in [6.07, 6.45) is 0.981. The fourth-order valence-electron chi connectivity index (χ4n) is 1.28. The Balaban J connectivity index is 2.80. The van der Waals surface area contributed by atoms with Gasteiger partial charge >= 0.3 is 0 Å². The van der Waals surface area contributed by atoms with Gasteiger partial charge in [0.2, 0.25) is 0 Å². The summed E-state index contributed by atoms with van der Waals surface area (Å²) in [5.74, 6) is 0.826. The Morgan fingerprint density at radius 2 is 2.25 bits per heavy atom. The number of rotatable bonds is 6. The van der Waals surface area contributed by atoms with Crippen molar-refractivity contribution in [3.05, 3.63) is 23.2 Å². The number of anilines is 1. The number of benzene rings is 1. The van der Waals surface area contributed by atoms with Crippen molar-refractivity contribution in [3.63, 3.8) is 0 Å². The van der Waals surface area contributed by atoms with Crippen LogP contribution in [0, 0.1) is 0 Å². The second kappa shape index (κ2) is 6.61. The Morgan fingerprint density at radius 1 is 1.50 bits per heavy atom. The van der Waals surface area contributed by atoms with E-state index in [9.17, 15) is 0 Å². The van der Waals surface area contributed by atoms with Crippen LogP contribution in [0.5, 0.6) is 5.75 Å². The van der Waals surface area contributed by atoms with Gasteiger partial charge in [-0.15, -0.1) is 0 Å². The fourth-order valence-corrected chi connectivity index (χ4v) is 1.45. The number of hydrogen-bond acceptors (Lipinski definition) is 3. The average Bonchev–Trinajstić information content (AvgIpc) is 2.28. The molecule has 0 spiro atoms. The summed E-state index contributed by atoms with van der Waals surface area (Å²) in [5.41, 5.74) is 6.47. The number of hydrogen-bond donors (Lipinski definition) is 2. The Morgan fingerprint density at radius 3 is 2.88 bits per heavy atom. The molecule has 3 nitrogen and oxygen atoms in total. The predicted molar refractivity (Wildman–Crippen MR) is 69.4 cm³/mol. The lowest BCUT2D eigenvalue weighted by Gasteiger charge is -2.17. The summed E-state index contributed by atoms with van der Waals surface area (Å²) in [5, 5.41) is 3.97. The molecule has 90 valence electrons. The molecule has 1 atom stereocenters. The summed E-state index contributed by atoms with van der Waals surface area (Å²) in [6.45, 7) is 5.36. The summed E-state index contributed by atoms with van der Waals surface area (Å²) in [6, 6.07) is 5.76. The number of ether oxygens (including phenoxy) is 1. The van der Waals surface area contributed by atoms with Crippen LogP contribution in [-0.2, 0) is 0 Å². The monoisotopic (exact) mass is 242 g/mol. The maximum Gasteiger partial charge on any atom is 0.142 e. The van der Waals surface area contributed by atoms with Crippen molar-refractivity contribution in [3.8, 4) is 5.75 Å². The van der Waals surface area contributed by atoms with Gasteiger partial charge in [0.25, 0.3) is 0 Å². The van der Waals surface area contributed by atoms with Crippen molar-refractivity contribution < 1.29 is 4.74 Å². The smallest absolute Gasteiger partial charge is 0.142 e. The fraction of sp³-hybridized carbons (Fsp3) is 0.500. The molecule has 0 bridgehead atoms. The van der Waals surface area contributed by atoms with E-state index in [4.69, 9.17) is 22.1 Å². The Hall–Kier alpha value is -0.930. The molecule has 0 aliphatic carbocycles. The van der Waals surface area contributed by atoms with Crippen LogP contribution < -0.4 is 15.8 Å². The molecule has 3 N–H and O–H groups in total. The van der Waals surface area contributed by atoms with Crippen LogP contribution in [0.1, 0.15) is 20.3 Å². The number of nitrogens with one attached hydrogen (secondary N) is 1. The summed E-state index contributed by atoms with van der Waals surface area (Å²) in [4.78, 5) is 0. The first-order valence-electron chi connectivity index (χ1n) is 5.56. The normalized spacial score (nSPS) is 12.2. The van der Waals surface area contributed by atoms with Crippen molar-refractivity contribution >= 4 is 17.3 Å². The molecular weight excluding hydrogens is 224 g/mol. The Kier molecular flexibility index (Phi) is 5.43. The van der Waals surface area contributed by atoms with Gasteiger partial charge < -0.3 is 15.8 Å². The van der Waals surface area contributed by atoms with Crippen molar-refractivity contribution in [2.75, 3.05) is 18.5 Å². The van der Waals surface area contributed by atoms with E-state index in [-0.39, 0.29) is 6.04 Å². The zero-order valence-electron chi connectivity index (χ0n) is 9.79. The van der Waals surface area contributed by atoms with Crippen LogP contribution in [0.15, 0.2) is 18.2 Å². The summed E-state index contributed by atoms with van der Waals surface area (Å²) < 4.78 is 5.62. The quantitative estimate of drug-likeness (QED) is 0.807. The molecule has 0 saturated carbocycles. The lowest BCUT2D eigenvalue weighted by Crippen LogP contribution is -2.25. The first-order valence-corrected chi connectivity index (χ1v) is 5.94. The van der Waals surface area contributed by atoms with Crippen LogP contribution >= 0.6 is 11.6 Å². The molecule has 0 amide bonds. The van der Waals surface area contributed by atoms with Crippen LogP contribution in [-0.4, -0.2) is 19.2 Å². The van der Waals surface area contributed by atoms with Crippen LogP contribution in [0.2, 0.25) is 5.02 Å². The van der Waals surface area contributed by atoms with Gasteiger partial charge in [0.1, 0.15) is 5.75 Å². The minimum Gasteiger partial charge on any atom is -0.491 e. The first kappa shape index (κ1) is 13.1. The highest BCUT2D eigenvalue weighted by atomic mass is 35.5. The van der Waals surface area contributed by atoms with Gasteiger partial charge in [-0.3, -0.25) is 0 Å². The van der Waals surface area contributed by atoms with E-state index in [0.29, 0.717) is 18.2 Å². The standard InChI is InChI=1S/C12H19ClN2O/c1-3-6-16-12-5-4-10(13)7-11(12)15-9(2)8-14/h4-5,7,9,15H,3,6,8,14H2,1-2H3. The van der Waals surface area contributed by atoms with Gasteiger partial charge in [0, 0.05) is 17.6 Å². The molecular formula is C12H19ClN2O. The molecule has 0 aliphatic heterocycles. The highest BCUT2D eigenvalue weighted by molar-refractivity contribution is 6.30. The van der Waals surface area contributed by atoms with Gasteiger partial charge in [0.15, 0.2) is 0 Å². The third-order valence-corrected chi connectivity index (χ3v) is 2.39. The van der Waals surface area contributed by atoms with Crippen molar-refractivity contribution in [1.29, 1.82) is 0 Å². The minimum atomic E-state index is 0.197. The van der Waals surface area contributed by atoms with E-state index in [1.165, 1.54) is 0 Å². The molecule has 0 fully saturated rings. The predicted octanol–water partition coefficient (Wildman–Crippen LogP) is 2.89. The van der Waals surface area contributed by atoms with Crippen molar-refractivity contribution in [2.45, 2.75) is 26.3 Å². The third-order valence-electron chi connectivity index (χ3n) is 2.16. The molecule has 1 rings (SSSR count). The minimum absolute atomic E-state index is 0.197. The molecule has 0 radical (unpaired) electrons. The first-order chi connectivity index (χ1) is 7.67. The van der Waals surface area contributed by atoms with Crippen LogP contribution in [0.25, 0.3) is 0 Å². The second-order valence-corrected chi connectivity index (χ2v) is 4.21. The Bertz CT molecular complexity index is 331. The largest absolute Gasteiger partial charge is 0.491 e. The molecule has 0 heterocycles. The lowest BCUT2D eigenvalue weighted by molar-refractivity contribution is 0.318. The maximum atomic E-state index is 5.95. The highest BCUT2D eigenvalue weighted by Crippen LogP contribution is 2.28. The zero-order valence-corrected chi connectivity index (χ0v) is 10.6. The van der Waals surface area contributed by atoms with Gasteiger partial charge in [-0.25, -0.2) is 0 Å². The van der Waals surface area contributed by atoms with E-state index in [0.717, 1.165) is 17.9 Å². The van der Waals surface area contributed by atoms with Crippen molar-refractivity contribution in [2.24, 2.45) is 5.73 Å². The molecule has 16 heavy (non-hydrogen) atoms. The van der Waals surface area contributed by atoms with Crippen LogP contribution in [0.3, 0.4) is 0 Å². The number of halogens is 1. The average molecular weight is 243 g/mol. The van der Waals surface area contributed by atoms with E-state index >= 15 is 0 Å². The van der Waals surface area contributed by atoms with E-state index in [2.05, 4.69) is 12.2 Å². The zero-order chi connectivity index (χ0) is 12.0. The third kappa shape index (κ3) is 3.91. The Labute approximate surface area is 102 Å².